The van der Waals surface area contributed by atoms with Gasteiger partial charge in [-0.3, -0.25) is 0 Å². The standard InChI is InChI=1S/C12H12N2/c1-2-9-5-6-14-11(10-3-4-10)8-13-12(14)7-9/h2,5-8,10H,1,3-4H2. The third kappa shape index (κ3) is 1.07. The van der Waals surface area contributed by atoms with Crippen LogP contribution in [0.15, 0.2) is 31.1 Å². The molecule has 0 N–H and O–H groups in total. The normalized spacial score (nSPS) is 16.0. The number of aromatic nitrogens is 2. The molecule has 2 nitrogen and oxygen atoms in total. The van der Waals surface area contributed by atoms with E-state index in [1.165, 1.54) is 18.5 Å². The summed E-state index contributed by atoms with van der Waals surface area (Å²) >= 11 is 0. The van der Waals surface area contributed by atoms with Gasteiger partial charge in [-0.25, -0.2) is 4.98 Å². The summed E-state index contributed by atoms with van der Waals surface area (Å²) in [6.07, 6.45) is 8.58. The van der Waals surface area contributed by atoms with E-state index in [9.17, 15) is 0 Å². The van der Waals surface area contributed by atoms with E-state index in [0.29, 0.717) is 0 Å². The second-order valence-corrected chi connectivity index (χ2v) is 3.85. The van der Waals surface area contributed by atoms with Crippen molar-refractivity contribution < 1.29 is 0 Å². The topological polar surface area (TPSA) is 17.3 Å². The summed E-state index contributed by atoms with van der Waals surface area (Å²) < 4.78 is 2.19. The van der Waals surface area contributed by atoms with Crippen molar-refractivity contribution >= 4 is 11.7 Å². The van der Waals surface area contributed by atoms with Gasteiger partial charge in [-0.15, -0.1) is 0 Å². The summed E-state index contributed by atoms with van der Waals surface area (Å²) in [5, 5.41) is 0. The van der Waals surface area contributed by atoms with E-state index in [4.69, 9.17) is 0 Å². The summed E-state index contributed by atoms with van der Waals surface area (Å²) in [6, 6.07) is 4.15. The maximum atomic E-state index is 4.40. The van der Waals surface area contributed by atoms with Crippen LogP contribution in [0.1, 0.15) is 30.0 Å². The van der Waals surface area contributed by atoms with Gasteiger partial charge in [0.15, 0.2) is 0 Å². The summed E-state index contributed by atoms with van der Waals surface area (Å²) in [6.45, 7) is 3.75. The molecule has 0 amide bonds. The molecule has 3 rings (SSSR count). The zero-order valence-corrected chi connectivity index (χ0v) is 7.98. The zero-order valence-electron chi connectivity index (χ0n) is 7.98. The van der Waals surface area contributed by atoms with Crippen LogP contribution >= 0.6 is 0 Å². The molecule has 0 unspecified atom stereocenters. The Kier molecular flexibility index (Phi) is 1.51. The highest BCUT2D eigenvalue weighted by Gasteiger charge is 2.26. The second kappa shape index (κ2) is 2.71. The fraction of sp³-hybridized carbons (Fsp3) is 0.250. The highest BCUT2D eigenvalue weighted by atomic mass is 15.0. The smallest absolute Gasteiger partial charge is 0.137 e. The lowest BCUT2D eigenvalue weighted by Crippen LogP contribution is -1.89. The minimum Gasteiger partial charge on any atom is -0.304 e. The van der Waals surface area contributed by atoms with Crippen molar-refractivity contribution in [2.24, 2.45) is 0 Å². The number of rotatable bonds is 2. The molecule has 2 aromatic rings. The minimum atomic E-state index is 0.750. The first-order valence-corrected chi connectivity index (χ1v) is 4.98. The largest absolute Gasteiger partial charge is 0.304 e. The van der Waals surface area contributed by atoms with Crippen molar-refractivity contribution in [1.82, 2.24) is 9.38 Å². The molecule has 0 aliphatic heterocycles. The van der Waals surface area contributed by atoms with Gasteiger partial charge in [0.1, 0.15) is 5.65 Å². The Balaban J connectivity index is 2.21. The van der Waals surface area contributed by atoms with Crippen LogP contribution in [0.4, 0.5) is 0 Å². The minimum absolute atomic E-state index is 0.750. The van der Waals surface area contributed by atoms with Crippen LogP contribution in [0.2, 0.25) is 0 Å². The zero-order chi connectivity index (χ0) is 9.54. The van der Waals surface area contributed by atoms with Gasteiger partial charge < -0.3 is 4.40 Å². The first kappa shape index (κ1) is 7.80. The Hall–Kier alpha value is -1.57. The van der Waals surface area contributed by atoms with Crippen molar-refractivity contribution in [1.29, 1.82) is 0 Å². The average molecular weight is 184 g/mol. The first-order chi connectivity index (χ1) is 6.88. The Morgan fingerprint density at radius 1 is 1.50 bits per heavy atom. The number of hydrogen-bond donors (Lipinski definition) is 0. The Bertz CT molecular complexity index is 492. The Morgan fingerprint density at radius 2 is 2.36 bits per heavy atom. The molecule has 2 aromatic heterocycles. The van der Waals surface area contributed by atoms with E-state index in [-0.39, 0.29) is 0 Å². The van der Waals surface area contributed by atoms with Crippen LogP contribution in [-0.2, 0) is 0 Å². The maximum Gasteiger partial charge on any atom is 0.137 e. The molecule has 1 saturated carbocycles. The third-order valence-corrected chi connectivity index (χ3v) is 2.80. The molecule has 0 saturated heterocycles. The highest BCUT2D eigenvalue weighted by Crippen LogP contribution is 2.40. The van der Waals surface area contributed by atoms with Crippen LogP contribution in [0.25, 0.3) is 11.7 Å². The van der Waals surface area contributed by atoms with Crippen LogP contribution in [0.3, 0.4) is 0 Å². The fourth-order valence-electron chi connectivity index (χ4n) is 1.82. The van der Waals surface area contributed by atoms with E-state index in [2.05, 4.69) is 34.3 Å². The SMILES string of the molecule is C=Cc1ccn2c(C3CC3)cnc2c1. The van der Waals surface area contributed by atoms with E-state index in [0.717, 1.165) is 17.1 Å². The molecule has 1 aliphatic carbocycles. The molecular weight excluding hydrogens is 172 g/mol. The molecule has 1 aliphatic rings. The van der Waals surface area contributed by atoms with Crippen LogP contribution in [-0.4, -0.2) is 9.38 Å². The van der Waals surface area contributed by atoms with E-state index < -0.39 is 0 Å². The van der Waals surface area contributed by atoms with Crippen LogP contribution in [0.5, 0.6) is 0 Å². The van der Waals surface area contributed by atoms with Gasteiger partial charge >= 0.3 is 0 Å². The summed E-state index contributed by atoms with van der Waals surface area (Å²) in [5.74, 6) is 0.750. The number of hydrogen-bond acceptors (Lipinski definition) is 1. The van der Waals surface area contributed by atoms with Gasteiger partial charge in [0.25, 0.3) is 0 Å². The molecule has 2 heterocycles. The molecule has 14 heavy (non-hydrogen) atoms. The predicted octanol–water partition coefficient (Wildman–Crippen LogP) is 2.85. The predicted molar refractivity (Wildman–Crippen MR) is 57.3 cm³/mol. The third-order valence-electron chi connectivity index (χ3n) is 2.80. The lowest BCUT2D eigenvalue weighted by Gasteiger charge is -1.99. The van der Waals surface area contributed by atoms with E-state index >= 15 is 0 Å². The number of nitrogens with zero attached hydrogens (tertiary/aromatic N) is 2. The molecule has 70 valence electrons. The molecule has 0 atom stereocenters. The van der Waals surface area contributed by atoms with Crippen molar-refractivity contribution in [3.8, 4) is 0 Å². The van der Waals surface area contributed by atoms with Gasteiger partial charge in [-0.05, 0) is 30.5 Å². The van der Waals surface area contributed by atoms with Gasteiger partial charge in [0.05, 0.1) is 0 Å². The molecule has 2 heteroatoms. The summed E-state index contributed by atoms with van der Waals surface area (Å²) in [5.41, 5.74) is 3.52. The summed E-state index contributed by atoms with van der Waals surface area (Å²) in [4.78, 5) is 4.40. The average Bonchev–Trinajstić information content (AvgIpc) is 2.98. The molecular formula is C12H12N2. The number of pyridine rings is 1. The van der Waals surface area contributed by atoms with Crippen molar-refractivity contribution in [2.45, 2.75) is 18.8 Å². The fourth-order valence-corrected chi connectivity index (χ4v) is 1.82. The number of fused-ring (bicyclic) bond motifs is 1. The van der Waals surface area contributed by atoms with Crippen LogP contribution in [0, 0.1) is 0 Å². The van der Waals surface area contributed by atoms with Gasteiger partial charge in [0, 0.05) is 24.0 Å². The highest BCUT2D eigenvalue weighted by molar-refractivity contribution is 5.55. The molecule has 0 aromatic carbocycles. The van der Waals surface area contributed by atoms with Gasteiger partial charge in [0.2, 0.25) is 0 Å². The van der Waals surface area contributed by atoms with Gasteiger partial charge in [-0.2, -0.15) is 0 Å². The number of imidazole rings is 1. The van der Waals surface area contributed by atoms with Crippen molar-refractivity contribution in [2.75, 3.05) is 0 Å². The lowest BCUT2D eigenvalue weighted by atomic mass is 10.2. The lowest BCUT2D eigenvalue weighted by molar-refractivity contribution is 0.983. The van der Waals surface area contributed by atoms with E-state index in [1.807, 2.05) is 12.3 Å². The monoisotopic (exact) mass is 184 g/mol. The summed E-state index contributed by atoms with van der Waals surface area (Å²) in [7, 11) is 0. The van der Waals surface area contributed by atoms with Crippen molar-refractivity contribution in [3.05, 3.63) is 42.4 Å². The molecule has 1 fully saturated rings. The molecule has 0 radical (unpaired) electrons. The Labute approximate surface area is 82.9 Å². The molecule has 0 bridgehead atoms. The van der Waals surface area contributed by atoms with Gasteiger partial charge in [-0.1, -0.05) is 12.7 Å². The quantitative estimate of drug-likeness (QED) is 0.701. The van der Waals surface area contributed by atoms with Crippen LogP contribution < -0.4 is 0 Å². The molecule has 0 spiro atoms. The first-order valence-electron chi connectivity index (χ1n) is 4.98. The Morgan fingerprint density at radius 3 is 3.07 bits per heavy atom. The maximum absolute atomic E-state index is 4.40. The van der Waals surface area contributed by atoms with Crippen molar-refractivity contribution in [3.63, 3.8) is 0 Å². The second-order valence-electron chi connectivity index (χ2n) is 3.85. The van der Waals surface area contributed by atoms with E-state index in [1.54, 1.807) is 0 Å².